The zero-order valence-electron chi connectivity index (χ0n) is 11.4. The molecular weight excluding hydrogens is 379 g/mol. The number of hydrogen-bond acceptors (Lipinski definition) is 3. The molecule has 0 saturated carbocycles. The van der Waals surface area contributed by atoms with Gasteiger partial charge in [-0.2, -0.15) is 0 Å². The molecule has 106 valence electrons. The molecule has 0 spiro atoms. The molecule has 1 aromatic heterocycles. The summed E-state index contributed by atoms with van der Waals surface area (Å²) in [4.78, 5) is 16.1. The van der Waals surface area contributed by atoms with Crippen LogP contribution in [0.2, 0.25) is 0 Å². The van der Waals surface area contributed by atoms with E-state index in [2.05, 4.69) is 10.3 Å². The van der Waals surface area contributed by atoms with Gasteiger partial charge in [0, 0.05) is 0 Å². The standard InChI is InChI=1S/C16H13IN2O2/c1-10-6-7-14-13(8-10)19-16(21-14)11-4-2-3-5-12(11)18-15(20)9-17/h2-8H,9H2,1H3,(H,18,20). The lowest BCUT2D eigenvalue weighted by molar-refractivity contribution is -0.113. The van der Waals surface area contributed by atoms with Crippen LogP contribution in [0, 0.1) is 6.92 Å². The number of aryl methyl sites for hydroxylation is 1. The van der Waals surface area contributed by atoms with E-state index in [1.54, 1.807) is 0 Å². The van der Waals surface area contributed by atoms with Crippen molar-refractivity contribution in [2.24, 2.45) is 0 Å². The van der Waals surface area contributed by atoms with E-state index in [9.17, 15) is 4.79 Å². The van der Waals surface area contributed by atoms with Crippen LogP contribution in [-0.4, -0.2) is 15.3 Å². The molecule has 0 aliphatic carbocycles. The maximum Gasteiger partial charge on any atom is 0.234 e. The van der Waals surface area contributed by atoms with Gasteiger partial charge in [0.05, 0.1) is 15.7 Å². The highest BCUT2D eigenvalue weighted by Crippen LogP contribution is 2.30. The highest BCUT2D eigenvalue weighted by atomic mass is 127. The summed E-state index contributed by atoms with van der Waals surface area (Å²) in [7, 11) is 0. The largest absolute Gasteiger partial charge is 0.436 e. The molecular formula is C16H13IN2O2. The zero-order chi connectivity index (χ0) is 14.8. The molecule has 0 unspecified atom stereocenters. The average Bonchev–Trinajstić information content (AvgIpc) is 2.90. The van der Waals surface area contributed by atoms with Gasteiger partial charge in [-0.25, -0.2) is 4.98 Å². The Morgan fingerprint density at radius 3 is 2.90 bits per heavy atom. The minimum Gasteiger partial charge on any atom is -0.436 e. The molecule has 21 heavy (non-hydrogen) atoms. The number of carbonyl (C=O) groups excluding carboxylic acids is 1. The highest BCUT2D eigenvalue weighted by Gasteiger charge is 2.13. The molecule has 2 aromatic carbocycles. The smallest absolute Gasteiger partial charge is 0.234 e. The molecule has 1 amide bonds. The summed E-state index contributed by atoms with van der Waals surface area (Å²) in [5, 5.41) is 2.87. The van der Waals surface area contributed by atoms with Crippen LogP contribution in [0.5, 0.6) is 0 Å². The van der Waals surface area contributed by atoms with Gasteiger partial charge in [-0.15, -0.1) is 0 Å². The predicted molar refractivity (Wildman–Crippen MR) is 91.7 cm³/mol. The fourth-order valence-corrected chi connectivity index (χ4v) is 2.31. The molecule has 0 radical (unpaired) electrons. The monoisotopic (exact) mass is 392 g/mol. The van der Waals surface area contributed by atoms with Crippen molar-refractivity contribution in [2.75, 3.05) is 9.74 Å². The van der Waals surface area contributed by atoms with E-state index < -0.39 is 0 Å². The number of rotatable bonds is 3. The normalized spacial score (nSPS) is 10.8. The molecule has 0 saturated heterocycles. The van der Waals surface area contributed by atoms with Gasteiger partial charge in [-0.1, -0.05) is 40.8 Å². The number of nitrogens with zero attached hydrogens (tertiary/aromatic N) is 1. The Hall–Kier alpha value is -1.89. The SMILES string of the molecule is Cc1ccc2oc(-c3ccccc3NC(=O)CI)nc2c1. The van der Waals surface area contributed by atoms with Crippen molar-refractivity contribution < 1.29 is 9.21 Å². The number of oxazole rings is 1. The van der Waals surface area contributed by atoms with Crippen molar-refractivity contribution in [1.82, 2.24) is 4.98 Å². The summed E-state index contributed by atoms with van der Waals surface area (Å²) < 4.78 is 6.20. The van der Waals surface area contributed by atoms with Crippen molar-refractivity contribution in [3.63, 3.8) is 0 Å². The Morgan fingerprint density at radius 2 is 2.10 bits per heavy atom. The fraction of sp³-hybridized carbons (Fsp3) is 0.125. The van der Waals surface area contributed by atoms with Crippen LogP contribution in [0.1, 0.15) is 5.56 Å². The number of amides is 1. The Morgan fingerprint density at radius 1 is 1.29 bits per heavy atom. The number of benzene rings is 2. The van der Waals surface area contributed by atoms with Gasteiger partial charge in [0.15, 0.2) is 5.58 Å². The van der Waals surface area contributed by atoms with Crippen LogP contribution >= 0.6 is 22.6 Å². The summed E-state index contributed by atoms with van der Waals surface area (Å²) in [6.07, 6.45) is 0. The number of anilines is 1. The Kier molecular flexibility index (Phi) is 3.92. The van der Waals surface area contributed by atoms with E-state index in [0.717, 1.165) is 22.2 Å². The first-order chi connectivity index (χ1) is 10.2. The Bertz CT molecular complexity index is 811. The quantitative estimate of drug-likeness (QED) is 0.538. The Balaban J connectivity index is 2.07. The lowest BCUT2D eigenvalue weighted by Gasteiger charge is -2.07. The van der Waals surface area contributed by atoms with Crippen LogP contribution in [0.4, 0.5) is 5.69 Å². The molecule has 5 heteroatoms. The molecule has 4 nitrogen and oxygen atoms in total. The van der Waals surface area contributed by atoms with Crippen LogP contribution in [0.3, 0.4) is 0 Å². The van der Waals surface area contributed by atoms with E-state index in [-0.39, 0.29) is 5.91 Å². The number of alkyl halides is 1. The molecule has 0 aliphatic rings. The molecule has 3 aromatic rings. The van der Waals surface area contributed by atoms with Crippen LogP contribution < -0.4 is 5.32 Å². The second kappa shape index (κ2) is 5.85. The highest BCUT2D eigenvalue weighted by molar-refractivity contribution is 14.1. The molecule has 0 bridgehead atoms. The third kappa shape index (κ3) is 2.92. The molecule has 3 rings (SSSR count). The fourth-order valence-electron chi connectivity index (χ4n) is 2.11. The van der Waals surface area contributed by atoms with E-state index in [1.807, 2.05) is 72.0 Å². The van der Waals surface area contributed by atoms with Gasteiger partial charge in [0.25, 0.3) is 0 Å². The van der Waals surface area contributed by atoms with E-state index in [1.165, 1.54) is 0 Å². The number of halogens is 1. The predicted octanol–water partition coefficient (Wildman–Crippen LogP) is 4.18. The van der Waals surface area contributed by atoms with Crippen molar-refractivity contribution in [1.29, 1.82) is 0 Å². The number of fused-ring (bicyclic) bond motifs is 1. The van der Waals surface area contributed by atoms with Gasteiger partial charge < -0.3 is 9.73 Å². The van der Waals surface area contributed by atoms with Crippen LogP contribution in [0.15, 0.2) is 46.9 Å². The van der Waals surface area contributed by atoms with Gasteiger partial charge in [-0.3, -0.25) is 4.79 Å². The summed E-state index contributed by atoms with van der Waals surface area (Å²) >= 11 is 2.03. The van der Waals surface area contributed by atoms with Gasteiger partial charge in [0.2, 0.25) is 11.8 Å². The number of para-hydroxylation sites is 1. The first kappa shape index (κ1) is 14.1. The van der Waals surface area contributed by atoms with Gasteiger partial charge >= 0.3 is 0 Å². The minimum absolute atomic E-state index is 0.0463. The second-order valence-corrected chi connectivity index (χ2v) is 5.48. The second-order valence-electron chi connectivity index (χ2n) is 4.72. The molecule has 1 heterocycles. The van der Waals surface area contributed by atoms with Crippen LogP contribution in [0.25, 0.3) is 22.6 Å². The maximum atomic E-state index is 11.6. The first-order valence-corrected chi connectivity index (χ1v) is 8.02. The zero-order valence-corrected chi connectivity index (χ0v) is 13.5. The average molecular weight is 392 g/mol. The molecule has 1 N–H and O–H groups in total. The summed E-state index contributed by atoms with van der Waals surface area (Å²) in [5.41, 5.74) is 4.19. The minimum atomic E-state index is -0.0463. The topological polar surface area (TPSA) is 55.1 Å². The third-order valence-electron chi connectivity index (χ3n) is 3.10. The lowest BCUT2D eigenvalue weighted by atomic mass is 10.1. The molecule has 0 atom stereocenters. The first-order valence-electron chi connectivity index (χ1n) is 6.50. The number of aromatic nitrogens is 1. The Labute approximate surface area is 135 Å². The van der Waals surface area contributed by atoms with Crippen molar-refractivity contribution in [2.45, 2.75) is 6.92 Å². The lowest BCUT2D eigenvalue weighted by Crippen LogP contribution is -2.12. The van der Waals surface area contributed by atoms with Crippen molar-refractivity contribution in [3.05, 3.63) is 48.0 Å². The third-order valence-corrected chi connectivity index (χ3v) is 3.79. The van der Waals surface area contributed by atoms with Gasteiger partial charge in [-0.05, 0) is 36.8 Å². The summed E-state index contributed by atoms with van der Waals surface area (Å²) in [6, 6.07) is 13.4. The number of nitrogens with one attached hydrogen (secondary N) is 1. The van der Waals surface area contributed by atoms with Crippen molar-refractivity contribution in [3.8, 4) is 11.5 Å². The maximum absolute atomic E-state index is 11.6. The molecule has 0 fully saturated rings. The van der Waals surface area contributed by atoms with E-state index >= 15 is 0 Å². The number of hydrogen-bond donors (Lipinski definition) is 1. The van der Waals surface area contributed by atoms with E-state index in [0.29, 0.717) is 16.0 Å². The summed E-state index contributed by atoms with van der Waals surface area (Å²) in [6.45, 7) is 2.02. The van der Waals surface area contributed by atoms with Crippen molar-refractivity contribution >= 4 is 45.3 Å². The van der Waals surface area contributed by atoms with Gasteiger partial charge in [0.1, 0.15) is 5.52 Å². The molecule has 0 aliphatic heterocycles. The van der Waals surface area contributed by atoms with E-state index in [4.69, 9.17) is 4.42 Å². The number of carbonyl (C=O) groups is 1. The van der Waals surface area contributed by atoms with Crippen LogP contribution in [-0.2, 0) is 4.79 Å². The summed E-state index contributed by atoms with van der Waals surface area (Å²) in [5.74, 6) is 0.468.